The minimum atomic E-state index is 0.480. The van der Waals surface area contributed by atoms with Gasteiger partial charge in [-0.2, -0.15) is 0 Å². The summed E-state index contributed by atoms with van der Waals surface area (Å²) >= 11 is 0. The predicted molar refractivity (Wildman–Crippen MR) is 71.3 cm³/mol. The van der Waals surface area contributed by atoms with Crippen LogP contribution < -0.4 is 0 Å². The van der Waals surface area contributed by atoms with Crippen molar-refractivity contribution >= 4 is 10.9 Å². The van der Waals surface area contributed by atoms with Crippen LogP contribution in [0.3, 0.4) is 0 Å². The maximum Gasteiger partial charge on any atom is 0.0462 e. The molecule has 0 amide bonds. The standard InChI is InChI=1S/C16H13N/c1-10-11-6-2-3-7-12(11)15-13-8-4-5-9-14(13)17-16(10)15/h2-10,17H,1H3. The zero-order valence-electron chi connectivity index (χ0n) is 9.70. The summed E-state index contributed by atoms with van der Waals surface area (Å²) in [6, 6.07) is 17.3. The number of aromatic amines is 1. The molecule has 17 heavy (non-hydrogen) atoms. The van der Waals surface area contributed by atoms with E-state index in [-0.39, 0.29) is 0 Å². The monoisotopic (exact) mass is 219 g/mol. The summed E-state index contributed by atoms with van der Waals surface area (Å²) in [5.74, 6) is 0.480. The molecule has 1 aromatic heterocycles. The summed E-state index contributed by atoms with van der Waals surface area (Å²) in [6.45, 7) is 2.28. The molecule has 1 N–H and O–H groups in total. The van der Waals surface area contributed by atoms with E-state index >= 15 is 0 Å². The first-order chi connectivity index (χ1) is 8.36. The summed E-state index contributed by atoms with van der Waals surface area (Å²) in [7, 11) is 0. The second kappa shape index (κ2) is 3.01. The van der Waals surface area contributed by atoms with Crippen LogP contribution in [0.4, 0.5) is 0 Å². The molecular formula is C16H13N. The Kier molecular flexibility index (Phi) is 1.60. The van der Waals surface area contributed by atoms with Gasteiger partial charge in [-0.25, -0.2) is 0 Å². The second-order valence-electron chi connectivity index (χ2n) is 4.77. The van der Waals surface area contributed by atoms with Gasteiger partial charge in [-0.1, -0.05) is 49.4 Å². The second-order valence-corrected chi connectivity index (χ2v) is 4.77. The van der Waals surface area contributed by atoms with E-state index in [2.05, 4.69) is 60.4 Å². The van der Waals surface area contributed by atoms with E-state index in [1.807, 2.05) is 0 Å². The van der Waals surface area contributed by atoms with Gasteiger partial charge in [-0.05, 0) is 17.2 Å². The number of fused-ring (bicyclic) bond motifs is 5. The van der Waals surface area contributed by atoms with Gasteiger partial charge in [-0.3, -0.25) is 0 Å². The van der Waals surface area contributed by atoms with Crippen molar-refractivity contribution in [2.75, 3.05) is 0 Å². The predicted octanol–water partition coefficient (Wildman–Crippen LogP) is 4.30. The van der Waals surface area contributed by atoms with Crippen molar-refractivity contribution in [2.24, 2.45) is 0 Å². The fourth-order valence-electron chi connectivity index (χ4n) is 3.04. The zero-order valence-corrected chi connectivity index (χ0v) is 9.70. The van der Waals surface area contributed by atoms with Crippen LogP contribution >= 0.6 is 0 Å². The van der Waals surface area contributed by atoms with Gasteiger partial charge in [0.05, 0.1) is 0 Å². The first-order valence-electron chi connectivity index (χ1n) is 6.06. The molecule has 1 aliphatic carbocycles. The molecule has 1 atom stereocenters. The SMILES string of the molecule is CC1c2ccccc2-c2c1[nH]c1ccccc21. The van der Waals surface area contributed by atoms with Crippen LogP contribution in [0.2, 0.25) is 0 Å². The van der Waals surface area contributed by atoms with Gasteiger partial charge in [0.2, 0.25) is 0 Å². The Bertz CT molecular complexity index is 721. The van der Waals surface area contributed by atoms with E-state index in [0.717, 1.165) is 0 Å². The third-order valence-corrected chi connectivity index (χ3v) is 3.86. The Balaban J connectivity index is 2.18. The third kappa shape index (κ3) is 1.04. The Labute approximate surface area is 100 Å². The minimum Gasteiger partial charge on any atom is -0.357 e. The van der Waals surface area contributed by atoms with Crippen LogP contribution in [0.25, 0.3) is 22.0 Å². The Morgan fingerprint density at radius 3 is 2.65 bits per heavy atom. The van der Waals surface area contributed by atoms with Crippen LogP contribution in [-0.4, -0.2) is 4.98 Å². The lowest BCUT2D eigenvalue weighted by Gasteiger charge is -2.05. The fraction of sp³-hybridized carbons (Fsp3) is 0.125. The fourth-order valence-corrected chi connectivity index (χ4v) is 3.04. The largest absolute Gasteiger partial charge is 0.357 e. The number of rotatable bonds is 0. The van der Waals surface area contributed by atoms with E-state index in [0.29, 0.717) is 5.92 Å². The lowest BCUT2D eigenvalue weighted by atomic mass is 10.0. The number of H-pyrrole nitrogens is 1. The summed E-state index contributed by atoms with van der Waals surface area (Å²) in [6.07, 6.45) is 0. The quantitative estimate of drug-likeness (QED) is 0.580. The number of nitrogens with one attached hydrogen (secondary N) is 1. The Hall–Kier alpha value is -2.02. The molecule has 0 aliphatic heterocycles. The number of aromatic nitrogens is 1. The highest BCUT2D eigenvalue weighted by Gasteiger charge is 2.28. The molecule has 1 nitrogen and oxygen atoms in total. The number of hydrogen-bond acceptors (Lipinski definition) is 0. The highest BCUT2D eigenvalue weighted by Crippen LogP contribution is 2.47. The van der Waals surface area contributed by atoms with Gasteiger partial charge in [0.15, 0.2) is 0 Å². The maximum atomic E-state index is 3.57. The van der Waals surface area contributed by atoms with Gasteiger partial charge < -0.3 is 4.98 Å². The first kappa shape index (κ1) is 9.06. The highest BCUT2D eigenvalue weighted by atomic mass is 14.7. The van der Waals surface area contributed by atoms with Crippen molar-refractivity contribution in [3.8, 4) is 11.1 Å². The van der Waals surface area contributed by atoms with Gasteiger partial charge in [0, 0.05) is 28.1 Å². The minimum absolute atomic E-state index is 0.480. The van der Waals surface area contributed by atoms with Crippen LogP contribution in [0.1, 0.15) is 24.1 Å². The van der Waals surface area contributed by atoms with Crippen LogP contribution in [0.5, 0.6) is 0 Å². The van der Waals surface area contributed by atoms with E-state index in [1.54, 1.807) is 0 Å². The topological polar surface area (TPSA) is 15.8 Å². The molecule has 1 aliphatic rings. The summed E-state index contributed by atoms with van der Waals surface area (Å²) in [4.78, 5) is 3.57. The smallest absolute Gasteiger partial charge is 0.0462 e. The molecule has 4 rings (SSSR count). The average molecular weight is 219 g/mol. The lowest BCUT2D eigenvalue weighted by Crippen LogP contribution is -1.90. The van der Waals surface area contributed by atoms with Crippen molar-refractivity contribution in [3.63, 3.8) is 0 Å². The molecule has 0 radical (unpaired) electrons. The van der Waals surface area contributed by atoms with Crippen molar-refractivity contribution in [1.29, 1.82) is 0 Å². The van der Waals surface area contributed by atoms with Crippen molar-refractivity contribution in [2.45, 2.75) is 12.8 Å². The normalized spacial score (nSPS) is 17.1. The van der Waals surface area contributed by atoms with Gasteiger partial charge in [-0.15, -0.1) is 0 Å². The molecule has 1 heteroatoms. The molecule has 0 bridgehead atoms. The molecule has 3 aromatic rings. The molecule has 0 spiro atoms. The van der Waals surface area contributed by atoms with Crippen LogP contribution in [0, 0.1) is 0 Å². The number of hydrogen-bond donors (Lipinski definition) is 1. The molecule has 0 fully saturated rings. The van der Waals surface area contributed by atoms with Crippen LogP contribution in [-0.2, 0) is 0 Å². The average Bonchev–Trinajstić information content (AvgIpc) is 2.88. The van der Waals surface area contributed by atoms with Crippen molar-refractivity contribution in [3.05, 3.63) is 59.8 Å². The van der Waals surface area contributed by atoms with E-state index in [4.69, 9.17) is 0 Å². The Morgan fingerprint density at radius 2 is 1.71 bits per heavy atom. The van der Waals surface area contributed by atoms with E-state index in [9.17, 15) is 0 Å². The molecular weight excluding hydrogens is 206 g/mol. The summed E-state index contributed by atoms with van der Waals surface area (Å²) in [5.41, 5.74) is 6.86. The molecule has 0 saturated heterocycles. The van der Waals surface area contributed by atoms with Crippen molar-refractivity contribution in [1.82, 2.24) is 4.98 Å². The number of benzene rings is 2. The lowest BCUT2D eigenvalue weighted by molar-refractivity contribution is 0.918. The molecule has 1 unspecified atom stereocenters. The summed E-state index contributed by atoms with van der Waals surface area (Å²) in [5, 5.41) is 1.35. The zero-order chi connectivity index (χ0) is 11.4. The van der Waals surface area contributed by atoms with Gasteiger partial charge in [0.25, 0.3) is 0 Å². The highest BCUT2D eigenvalue weighted by molar-refractivity contribution is 6.01. The first-order valence-corrected chi connectivity index (χ1v) is 6.06. The molecule has 0 saturated carbocycles. The van der Waals surface area contributed by atoms with Crippen molar-refractivity contribution < 1.29 is 0 Å². The van der Waals surface area contributed by atoms with E-state index in [1.165, 1.54) is 33.3 Å². The molecule has 2 aromatic carbocycles. The van der Waals surface area contributed by atoms with Crippen LogP contribution in [0.15, 0.2) is 48.5 Å². The van der Waals surface area contributed by atoms with Gasteiger partial charge >= 0.3 is 0 Å². The number of para-hydroxylation sites is 1. The maximum absolute atomic E-state index is 3.57. The third-order valence-electron chi connectivity index (χ3n) is 3.86. The summed E-state index contributed by atoms with van der Waals surface area (Å²) < 4.78 is 0. The van der Waals surface area contributed by atoms with E-state index < -0.39 is 0 Å². The molecule has 82 valence electrons. The van der Waals surface area contributed by atoms with Gasteiger partial charge in [0.1, 0.15) is 0 Å². The molecule has 1 heterocycles. The Morgan fingerprint density at radius 1 is 0.941 bits per heavy atom.